The summed E-state index contributed by atoms with van der Waals surface area (Å²) in [6.07, 6.45) is 2.30. The number of hydrogen-bond acceptors (Lipinski definition) is 3. The Hall–Kier alpha value is -1.39. The largest absolute Gasteiger partial charge is 0.386 e. The number of aliphatic imine (C=N–C) groups is 1. The van der Waals surface area contributed by atoms with Crippen LogP contribution in [0.25, 0.3) is 0 Å². The molecule has 2 N–H and O–H groups in total. The fourth-order valence-corrected chi connectivity index (χ4v) is 2.05. The number of hydrogen-bond donors (Lipinski definition) is 1. The molecule has 0 bridgehead atoms. The third-order valence-corrected chi connectivity index (χ3v) is 3.81. The van der Waals surface area contributed by atoms with Gasteiger partial charge in [0.05, 0.1) is 6.04 Å². The molecule has 0 radical (unpaired) electrons. The second-order valence-electron chi connectivity index (χ2n) is 5.37. The molecule has 0 spiro atoms. The van der Waals surface area contributed by atoms with E-state index < -0.39 is 11.3 Å². The van der Waals surface area contributed by atoms with Gasteiger partial charge in [-0.2, -0.15) is 0 Å². The number of rotatable bonds is 4. The molecule has 0 aromatic carbocycles. The van der Waals surface area contributed by atoms with Crippen molar-refractivity contribution in [2.45, 2.75) is 46.1 Å². The Morgan fingerprint density at radius 1 is 1.44 bits per heavy atom. The third-order valence-electron chi connectivity index (χ3n) is 3.81. The summed E-state index contributed by atoms with van der Waals surface area (Å²) in [5.41, 5.74) is 5.18. The first-order valence-corrected chi connectivity index (χ1v) is 6.42. The summed E-state index contributed by atoms with van der Waals surface area (Å²) in [5.74, 6) is -0.320. The van der Waals surface area contributed by atoms with Gasteiger partial charge in [0.1, 0.15) is 5.84 Å². The molecule has 1 saturated heterocycles. The van der Waals surface area contributed by atoms with E-state index in [0.717, 1.165) is 12.8 Å². The third kappa shape index (κ3) is 2.71. The summed E-state index contributed by atoms with van der Waals surface area (Å²) in [5, 5.41) is 0. The topological polar surface area (TPSA) is 75.8 Å². The van der Waals surface area contributed by atoms with Gasteiger partial charge in [-0.05, 0) is 19.3 Å². The maximum absolute atomic E-state index is 12.2. The van der Waals surface area contributed by atoms with E-state index in [2.05, 4.69) is 4.99 Å². The van der Waals surface area contributed by atoms with Crippen LogP contribution in [0.1, 0.15) is 40.0 Å². The van der Waals surface area contributed by atoms with Crippen LogP contribution in [-0.2, 0) is 9.59 Å². The van der Waals surface area contributed by atoms with Crippen LogP contribution in [0.3, 0.4) is 0 Å². The minimum absolute atomic E-state index is 0.209. The lowest BCUT2D eigenvalue weighted by Crippen LogP contribution is -2.49. The van der Waals surface area contributed by atoms with E-state index in [-0.39, 0.29) is 11.8 Å². The molecule has 1 fully saturated rings. The molecule has 1 aliphatic rings. The highest BCUT2D eigenvalue weighted by Gasteiger charge is 2.39. The maximum Gasteiger partial charge on any atom is 0.291 e. The monoisotopic (exact) mass is 253 g/mol. The molecule has 5 heteroatoms. The van der Waals surface area contributed by atoms with Gasteiger partial charge in [0.2, 0.25) is 5.78 Å². The first-order valence-electron chi connectivity index (χ1n) is 6.42. The molecule has 5 nitrogen and oxygen atoms in total. The number of Topliss-reactive ketones (excluding diaryl/α,β-unsaturated/α-hetero) is 1. The number of amidine groups is 1. The van der Waals surface area contributed by atoms with Gasteiger partial charge >= 0.3 is 0 Å². The molecular weight excluding hydrogens is 230 g/mol. The van der Waals surface area contributed by atoms with Gasteiger partial charge in [-0.3, -0.25) is 14.6 Å². The number of nitrogens with two attached hydrogens (primary N) is 1. The number of likely N-dealkylation sites (tertiary alicyclic amines) is 1. The van der Waals surface area contributed by atoms with E-state index >= 15 is 0 Å². The fourth-order valence-electron chi connectivity index (χ4n) is 2.05. The SMILES string of the molecule is CCC(C)(C)C(=O)C(=O)N1CCCC1C(N)=NC. The van der Waals surface area contributed by atoms with Crippen molar-refractivity contribution in [1.82, 2.24) is 4.90 Å². The molecule has 0 saturated carbocycles. The van der Waals surface area contributed by atoms with Crippen molar-refractivity contribution in [3.8, 4) is 0 Å². The highest BCUT2D eigenvalue weighted by atomic mass is 16.2. The average molecular weight is 253 g/mol. The van der Waals surface area contributed by atoms with Crippen molar-refractivity contribution in [3.05, 3.63) is 0 Å². The van der Waals surface area contributed by atoms with Crippen LogP contribution in [-0.4, -0.2) is 42.1 Å². The fraction of sp³-hybridized carbons (Fsp3) is 0.769. The average Bonchev–Trinajstić information content (AvgIpc) is 2.85. The van der Waals surface area contributed by atoms with Crippen molar-refractivity contribution < 1.29 is 9.59 Å². The van der Waals surface area contributed by atoms with E-state index in [4.69, 9.17) is 5.73 Å². The summed E-state index contributed by atoms with van der Waals surface area (Å²) in [7, 11) is 1.61. The van der Waals surface area contributed by atoms with E-state index in [0.29, 0.717) is 18.8 Å². The van der Waals surface area contributed by atoms with Gasteiger partial charge in [-0.1, -0.05) is 20.8 Å². The van der Waals surface area contributed by atoms with E-state index in [1.165, 1.54) is 0 Å². The Labute approximate surface area is 108 Å². The van der Waals surface area contributed by atoms with E-state index in [1.54, 1.807) is 25.8 Å². The zero-order valence-electron chi connectivity index (χ0n) is 11.7. The van der Waals surface area contributed by atoms with Crippen molar-refractivity contribution >= 4 is 17.5 Å². The van der Waals surface area contributed by atoms with E-state index in [1.807, 2.05) is 6.92 Å². The zero-order valence-corrected chi connectivity index (χ0v) is 11.7. The number of ketones is 1. The summed E-state index contributed by atoms with van der Waals surface area (Å²) < 4.78 is 0. The predicted octanol–water partition coefficient (Wildman–Crippen LogP) is 0.970. The van der Waals surface area contributed by atoms with Crippen molar-refractivity contribution in [2.75, 3.05) is 13.6 Å². The smallest absolute Gasteiger partial charge is 0.291 e. The molecule has 1 unspecified atom stereocenters. The minimum atomic E-state index is -0.609. The quantitative estimate of drug-likeness (QED) is 0.461. The zero-order chi connectivity index (χ0) is 13.9. The molecule has 1 amide bonds. The van der Waals surface area contributed by atoms with Gasteiger partial charge in [0.15, 0.2) is 0 Å². The van der Waals surface area contributed by atoms with Crippen molar-refractivity contribution in [3.63, 3.8) is 0 Å². The lowest BCUT2D eigenvalue weighted by molar-refractivity contribution is -0.149. The number of nitrogens with zero attached hydrogens (tertiary/aromatic N) is 2. The molecular formula is C13H23N3O2. The van der Waals surface area contributed by atoms with Gasteiger partial charge in [0.25, 0.3) is 5.91 Å². The van der Waals surface area contributed by atoms with Crippen LogP contribution in [0, 0.1) is 5.41 Å². The summed E-state index contributed by atoms with van der Waals surface area (Å²) in [6, 6.07) is -0.209. The molecule has 1 rings (SSSR count). The lowest BCUT2D eigenvalue weighted by Gasteiger charge is -2.27. The number of amides is 1. The number of carbonyl (C=O) groups excluding carboxylic acids is 2. The van der Waals surface area contributed by atoms with E-state index in [9.17, 15) is 9.59 Å². The summed E-state index contributed by atoms with van der Waals surface area (Å²) in [6.45, 7) is 6.10. The Bertz CT molecular complexity index is 374. The van der Waals surface area contributed by atoms with Crippen LogP contribution in [0.4, 0.5) is 0 Å². The van der Waals surface area contributed by atoms with Gasteiger partial charge in [-0.15, -0.1) is 0 Å². The normalized spacial score (nSPS) is 21.2. The lowest BCUT2D eigenvalue weighted by atomic mass is 9.84. The molecule has 1 aliphatic heterocycles. The first-order chi connectivity index (χ1) is 8.35. The van der Waals surface area contributed by atoms with Crippen molar-refractivity contribution in [2.24, 2.45) is 16.1 Å². The first kappa shape index (κ1) is 14.7. The summed E-state index contributed by atoms with van der Waals surface area (Å²) in [4.78, 5) is 29.9. The highest BCUT2D eigenvalue weighted by molar-refractivity contribution is 6.38. The Balaban J connectivity index is 2.87. The highest BCUT2D eigenvalue weighted by Crippen LogP contribution is 2.25. The van der Waals surface area contributed by atoms with Crippen LogP contribution < -0.4 is 5.73 Å². The molecule has 0 aliphatic carbocycles. The standard InChI is InChI=1S/C13H23N3O2/c1-5-13(2,3)10(17)12(18)16-8-6-7-9(16)11(14)15-4/h9H,5-8H2,1-4H3,(H2,14,15). The molecule has 0 aromatic heterocycles. The molecule has 18 heavy (non-hydrogen) atoms. The van der Waals surface area contributed by atoms with Crippen molar-refractivity contribution in [1.29, 1.82) is 0 Å². The van der Waals surface area contributed by atoms with Gasteiger partial charge < -0.3 is 10.6 Å². The van der Waals surface area contributed by atoms with Crippen LogP contribution in [0.2, 0.25) is 0 Å². The Kier molecular flexibility index (Phi) is 4.48. The summed E-state index contributed by atoms with van der Waals surface area (Å²) >= 11 is 0. The van der Waals surface area contributed by atoms with Crippen LogP contribution in [0.15, 0.2) is 4.99 Å². The second-order valence-corrected chi connectivity index (χ2v) is 5.37. The molecule has 102 valence electrons. The van der Waals surface area contributed by atoms with Crippen LogP contribution in [0.5, 0.6) is 0 Å². The maximum atomic E-state index is 12.2. The number of carbonyl (C=O) groups is 2. The predicted molar refractivity (Wildman–Crippen MR) is 71.4 cm³/mol. The minimum Gasteiger partial charge on any atom is -0.386 e. The Morgan fingerprint density at radius 2 is 2.06 bits per heavy atom. The second kappa shape index (κ2) is 5.50. The van der Waals surface area contributed by atoms with Gasteiger partial charge in [0, 0.05) is 19.0 Å². The van der Waals surface area contributed by atoms with Crippen LogP contribution >= 0.6 is 0 Å². The Morgan fingerprint density at radius 3 is 2.56 bits per heavy atom. The van der Waals surface area contributed by atoms with Gasteiger partial charge in [-0.25, -0.2) is 0 Å². The molecule has 0 aromatic rings. The molecule has 1 heterocycles. The molecule has 1 atom stereocenters.